The highest BCUT2D eigenvalue weighted by atomic mass is 16.5. The summed E-state index contributed by atoms with van der Waals surface area (Å²) >= 11 is 0. The fourth-order valence-corrected chi connectivity index (χ4v) is 4.62. The Morgan fingerprint density at radius 3 is 2.72 bits per heavy atom. The van der Waals surface area contributed by atoms with Crippen LogP contribution in [0.25, 0.3) is 5.69 Å². The van der Waals surface area contributed by atoms with Crippen LogP contribution in [0.5, 0.6) is 0 Å². The molecule has 29 heavy (non-hydrogen) atoms. The van der Waals surface area contributed by atoms with Crippen LogP contribution < -0.4 is 0 Å². The van der Waals surface area contributed by atoms with E-state index in [1.54, 1.807) is 0 Å². The van der Waals surface area contributed by atoms with Crippen LogP contribution in [-0.2, 0) is 16.9 Å². The van der Waals surface area contributed by atoms with E-state index in [0.717, 1.165) is 43.7 Å². The molecule has 1 saturated heterocycles. The minimum atomic E-state index is -0.443. The summed E-state index contributed by atoms with van der Waals surface area (Å²) in [6.07, 6.45) is 5.44. The zero-order valence-corrected chi connectivity index (χ0v) is 16.6. The summed E-state index contributed by atoms with van der Waals surface area (Å²) in [6.45, 7) is 4.88. The summed E-state index contributed by atoms with van der Waals surface area (Å²) in [5.41, 5.74) is 5.47. The molecule has 0 saturated carbocycles. The van der Waals surface area contributed by atoms with E-state index in [-0.39, 0.29) is 5.60 Å². The van der Waals surface area contributed by atoms with Gasteiger partial charge in [-0.25, -0.2) is 4.68 Å². The molecule has 1 fully saturated rings. The number of piperidine rings is 1. The minimum Gasteiger partial charge on any atom is -0.347 e. The van der Waals surface area contributed by atoms with Crippen molar-refractivity contribution in [2.24, 2.45) is 0 Å². The maximum Gasteiger partial charge on any atom is 0.170 e. The van der Waals surface area contributed by atoms with Crippen LogP contribution in [0.15, 0.2) is 60.9 Å². The summed E-state index contributed by atoms with van der Waals surface area (Å²) in [5.74, 6) is 0. The zero-order chi connectivity index (χ0) is 19.8. The Morgan fingerprint density at radius 2 is 1.97 bits per heavy atom. The third-order valence-electron chi connectivity index (χ3n) is 6.17. The van der Waals surface area contributed by atoms with Gasteiger partial charge in [0.2, 0.25) is 0 Å². The molecule has 0 aliphatic carbocycles. The molecule has 0 radical (unpaired) electrons. The van der Waals surface area contributed by atoms with E-state index in [1.165, 1.54) is 16.7 Å². The number of nitriles is 1. The van der Waals surface area contributed by atoms with E-state index in [0.29, 0.717) is 0 Å². The topological polar surface area (TPSA) is 54.1 Å². The first-order chi connectivity index (χ1) is 14.2. The lowest BCUT2D eigenvalue weighted by molar-refractivity contribution is -0.0933. The first kappa shape index (κ1) is 18.1. The molecule has 1 spiro atoms. The number of rotatable bonds is 3. The average Bonchev–Trinajstić information content (AvgIpc) is 3.34. The van der Waals surface area contributed by atoms with Gasteiger partial charge in [-0.15, -0.1) is 0 Å². The summed E-state index contributed by atoms with van der Waals surface area (Å²) < 4.78 is 8.25. The number of nitrogens with zero attached hydrogens (tertiary/aromatic N) is 4. The Morgan fingerprint density at radius 1 is 1.17 bits per heavy atom. The van der Waals surface area contributed by atoms with Gasteiger partial charge >= 0.3 is 0 Å². The number of likely N-dealkylation sites (tertiary alicyclic amines) is 1. The SMILES string of the molecule is Cc1ccc2c(c1)C1(CCN(Cc3cnn(-c4ccccc4)c3)CC1)OC2C#N. The fourth-order valence-electron chi connectivity index (χ4n) is 4.62. The number of aryl methyl sites for hydroxylation is 1. The van der Waals surface area contributed by atoms with Gasteiger partial charge in [0.05, 0.1) is 23.6 Å². The number of para-hydroxylation sites is 1. The van der Waals surface area contributed by atoms with Crippen molar-refractivity contribution in [2.45, 2.75) is 38.0 Å². The molecule has 0 N–H and O–H groups in total. The lowest BCUT2D eigenvalue weighted by Crippen LogP contribution is -2.42. The molecule has 1 atom stereocenters. The maximum atomic E-state index is 9.54. The maximum absolute atomic E-state index is 9.54. The molecule has 146 valence electrons. The molecule has 3 heterocycles. The molecule has 1 unspecified atom stereocenters. The van der Waals surface area contributed by atoms with Crippen molar-refractivity contribution in [2.75, 3.05) is 13.1 Å². The Labute approximate surface area is 171 Å². The van der Waals surface area contributed by atoms with Crippen molar-refractivity contribution >= 4 is 0 Å². The second kappa shape index (κ2) is 7.14. The standard InChI is InChI=1S/C24H24N4O/c1-18-7-8-21-22(13-18)24(29-23(21)14-25)9-11-27(12-10-24)16-19-15-26-28(17-19)20-5-3-2-4-6-20/h2-8,13,15,17,23H,9-12,16H2,1H3. The molecule has 2 aliphatic heterocycles. The summed E-state index contributed by atoms with van der Waals surface area (Å²) in [7, 11) is 0. The van der Waals surface area contributed by atoms with Gasteiger partial charge in [-0.2, -0.15) is 10.4 Å². The monoisotopic (exact) mass is 384 g/mol. The van der Waals surface area contributed by atoms with Crippen molar-refractivity contribution in [1.29, 1.82) is 5.26 Å². The third kappa shape index (κ3) is 3.25. The Hall–Kier alpha value is -2.94. The predicted octanol–water partition coefficient (Wildman–Crippen LogP) is 4.27. The first-order valence-electron chi connectivity index (χ1n) is 10.2. The molecule has 5 nitrogen and oxygen atoms in total. The first-order valence-corrected chi connectivity index (χ1v) is 10.2. The van der Waals surface area contributed by atoms with Gasteiger partial charge in [0.1, 0.15) is 0 Å². The lowest BCUT2D eigenvalue weighted by Gasteiger charge is -2.39. The van der Waals surface area contributed by atoms with E-state index in [4.69, 9.17) is 4.74 Å². The van der Waals surface area contributed by atoms with Gasteiger partial charge in [0, 0.05) is 37.0 Å². The third-order valence-corrected chi connectivity index (χ3v) is 6.17. The second-order valence-electron chi connectivity index (χ2n) is 8.12. The second-order valence-corrected chi connectivity index (χ2v) is 8.12. The van der Waals surface area contributed by atoms with E-state index < -0.39 is 6.10 Å². The van der Waals surface area contributed by atoms with E-state index >= 15 is 0 Å². The van der Waals surface area contributed by atoms with Crippen molar-refractivity contribution in [3.05, 3.63) is 83.2 Å². The van der Waals surface area contributed by atoms with Gasteiger partial charge in [-0.1, -0.05) is 42.0 Å². The molecular weight excluding hydrogens is 360 g/mol. The van der Waals surface area contributed by atoms with Crippen LogP contribution >= 0.6 is 0 Å². The van der Waals surface area contributed by atoms with Crippen LogP contribution in [0.2, 0.25) is 0 Å². The van der Waals surface area contributed by atoms with Crippen LogP contribution in [-0.4, -0.2) is 27.8 Å². The van der Waals surface area contributed by atoms with E-state index in [9.17, 15) is 5.26 Å². The normalized spacial score (nSPS) is 20.5. The van der Waals surface area contributed by atoms with Crippen LogP contribution in [0.3, 0.4) is 0 Å². The van der Waals surface area contributed by atoms with Gasteiger partial charge in [0.25, 0.3) is 0 Å². The van der Waals surface area contributed by atoms with Crippen molar-refractivity contribution in [3.8, 4) is 11.8 Å². The Balaban J connectivity index is 1.29. The van der Waals surface area contributed by atoms with Gasteiger partial charge < -0.3 is 4.74 Å². The molecule has 2 aromatic carbocycles. The molecule has 5 rings (SSSR count). The molecule has 0 bridgehead atoms. The molecule has 3 aromatic rings. The number of benzene rings is 2. The van der Waals surface area contributed by atoms with Crippen LogP contribution in [0, 0.1) is 18.3 Å². The number of hydrogen-bond acceptors (Lipinski definition) is 4. The number of ether oxygens (including phenoxy) is 1. The van der Waals surface area contributed by atoms with Crippen molar-refractivity contribution < 1.29 is 4.74 Å². The summed E-state index contributed by atoms with van der Waals surface area (Å²) in [4.78, 5) is 2.45. The Kier molecular flexibility index (Phi) is 4.46. The minimum absolute atomic E-state index is 0.313. The highest BCUT2D eigenvalue weighted by Crippen LogP contribution is 2.49. The fraction of sp³-hybridized carbons (Fsp3) is 0.333. The highest BCUT2D eigenvalue weighted by molar-refractivity contribution is 5.43. The van der Waals surface area contributed by atoms with Crippen molar-refractivity contribution in [3.63, 3.8) is 0 Å². The van der Waals surface area contributed by atoms with Gasteiger partial charge in [-0.3, -0.25) is 4.90 Å². The largest absolute Gasteiger partial charge is 0.347 e. The van der Waals surface area contributed by atoms with E-state index in [2.05, 4.69) is 59.5 Å². The smallest absolute Gasteiger partial charge is 0.170 e. The van der Waals surface area contributed by atoms with Crippen LogP contribution in [0.4, 0.5) is 0 Å². The molecule has 2 aliphatic rings. The van der Waals surface area contributed by atoms with Gasteiger partial charge in [0.15, 0.2) is 6.10 Å². The number of aromatic nitrogens is 2. The lowest BCUT2D eigenvalue weighted by atomic mass is 9.82. The quantitative estimate of drug-likeness (QED) is 0.677. The molecular formula is C24H24N4O. The average molecular weight is 384 g/mol. The molecule has 1 aromatic heterocycles. The van der Waals surface area contributed by atoms with Crippen molar-refractivity contribution in [1.82, 2.24) is 14.7 Å². The molecule has 0 amide bonds. The van der Waals surface area contributed by atoms with E-state index in [1.807, 2.05) is 29.1 Å². The predicted molar refractivity (Wildman–Crippen MR) is 110 cm³/mol. The number of hydrogen-bond donors (Lipinski definition) is 0. The molecule has 5 heteroatoms. The van der Waals surface area contributed by atoms with Crippen LogP contribution in [0.1, 0.15) is 41.2 Å². The summed E-state index contributed by atoms with van der Waals surface area (Å²) in [5, 5.41) is 14.1. The Bertz CT molecular complexity index is 1060. The summed E-state index contributed by atoms with van der Waals surface area (Å²) in [6, 6.07) is 18.9. The highest BCUT2D eigenvalue weighted by Gasteiger charge is 2.46. The van der Waals surface area contributed by atoms with Gasteiger partial charge in [-0.05, 0) is 37.5 Å². The zero-order valence-electron chi connectivity index (χ0n) is 16.6. The number of fused-ring (bicyclic) bond motifs is 2.